The number of rotatable bonds is 1. The summed E-state index contributed by atoms with van der Waals surface area (Å²) >= 11 is 0. The summed E-state index contributed by atoms with van der Waals surface area (Å²) in [6.07, 6.45) is 0. The molecule has 1 aliphatic carbocycles. The fourth-order valence-electron chi connectivity index (χ4n) is 3.82. The van der Waals surface area contributed by atoms with Crippen LogP contribution in [0.15, 0.2) is 30.3 Å². The number of aromatic amines is 1. The van der Waals surface area contributed by atoms with Crippen LogP contribution in [0.5, 0.6) is 5.75 Å². The summed E-state index contributed by atoms with van der Waals surface area (Å²) in [4.78, 5) is 28.3. The van der Waals surface area contributed by atoms with Gasteiger partial charge in [-0.1, -0.05) is 19.9 Å². The van der Waals surface area contributed by atoms with Crippen LogP contribution in [0.3, 0.4) is 0 Å². The van der Waals surface area contributed by atoms with Crippen LogP contribution in [0.1, 0.15) is 63.9 Å². The number of hydrogen-bond donors (Lipinski definition) is 2. The first kappa shape index (κ1) is 16.1. The molecule has 0 amide bonds. The molecule has 4 rings (SSSR count). The van der Waals surface area contributed by atoms with Crippen LogP contribution < -0.4 is 0 Å². The van der Waals surface area contributed by atoms with Crippen molar-refractivity contribution >= 4 is 22.5 Å². The van der Waals surface area contributed by atoms with E-state index in [0.717, 1.165) is 16.6 Å². The van der Waals surface area contributed by atoms with Crippen LogP contribution in [-0.2, 0) is 5.41 Å². The minimum atomic E-state index is -0.572. The highest BCUT2D eigenvalue weighted by molar-refractivity contribution is 6.20. The zero-order valence-electron chi connectivity index (χ0n) is 14.6. The van der Waals surface area contributed by atoms with E-state index in [1.165, 1.54) is 19.1 Å². The Morgan fingerprint density at radius 2 is 1.96 bits per heavy atom. The first-order valence-corrected chi connectivity index (χ1v) is 8.25. The number of carbonyl (C=O) groups excluding carboxylic acids is 2. The molecule has 26 heavy (non-hydrogen) atoms. The van der Waals surface area contributed by atoms with Crippen molar-refractivity contribution in [1.29, 1.82) is 5.26 Å². The molecule has 128 valence electrons. The van der Waals surface area contributed by atoms with Gasteiger partial charge in [-0.25, -0.2) is 0 Å². The minimum Gasteiger partial charge on any atom is -0.507 e. The van der Waals surface area contributed by atoms with Crippen LogP contribution in [0, 0.1) is 11.3 Å². The van der Waals surface area contributed by atoms with Gasteiger partial charge in [-0.2, -0.15) is 5.26 Å². The predicted octanol–water partition coefficient (Wildman–Crippen LogP) is 3.82. The average Bonchev–Trinajstić information content (AvgIpc) is 2.99. The smallest absolute Gasteiger partial charge is 0.195 e. The van der Waals surface area contributed by atoms with Gasteiger partial charge in [0, 0.05) is 27.6 Å². The molecule has 0 saturated heterocycles. The monoisotopic (exact) mass is 344 g/mol. The Morgan fingerprint density at radius 1 is 1.23 bits per heavy atom. The highest BCUT2D eigenvalue weighted by Crippen LogP contribution is 2.45. The van der Waals surface area contributed by atoms with Crippen molar-refractivity contribution in [3.63, 3.8) is 0 Å². The summed E-state index contributed by atoms with van der Waals surface area (Å²) in [6.45, 7) is 5.29. The number of nitrogens with one attached hydrogen (secondary N) is 1. The molecule has 0 fully saturated rings. The standard InChI is InChI=1S/C21H16N2O3/c1-10(24)13-7-14-15(8-17(13)25)21(2,3)20-18(19(14)26)12-5-4-11(9-22)6-16(12)23-20/h4-8,23,25H,1-3H3. The fraction of sp³-hybridized carbons (Fsp3) is 0.190. The Hall–Kier alpha value is -3.39. The molecule has 0 bridgehead atoms. The maximum absolute atomic E-state index is 13.2. The summed E-state index contributed by atoms with van der Waals surface area (Å²) in [6, 6.07) is 10.3. The van der Waals surface area contributed by atoms with Gasteiger partial charge in [-0.05, 0) is 36.8 Å². The van der Waals surface area contributed by atoms with E-state index in [9.17, 15) is 14.7 Å². The highest BCUT2D eigenvalue weighted by atomic mass is 16.3. The van der Waals surface area contributed by atoms with E-state index in [0.29, 0.717) is 22.3 Å². The van der Waals surface area contributed by atoms with Gasteiger partial charge in [0.1, 0.15) is 5.75 Å². The molecule has 3 aromatic rings. The Balaban J connectivity index is 2.07. The first-order chi connectivity index (χ1) is 12.3. The van der Waals surface area contributed by atoms with Gasteiger partial charge in [-0.3, -0.25) is 9.59 Å². The molecule has 0 radical (unpaired) electrons. The molecule has 1 aromatic heterocycles. The molecule has 0 atom stereocenters. The Kier molecular flexibility index (Phi) is 3.13. The molecule has 5 nitrogen and oxygen atoms in total. The van der Waals surface area contributed by atoms with E-state index in [1.807, 2.05) is 13.8 Å². The zero-order valence-corrected chi connectivity index (χ0v) is 14.6. The van der Waals surface area contributed by atoms with E-state index >= 15 is 0 Å². The van der Waals surface area contributed by atoms with E-state index in [1.54, 1.807) is 18.2 Å². The van der Waals surface area contributed by atoms with Crippen molar-refractivity contribution in [2.45, 2.75) is 26.2 Å². The minimum absolute atomic E-state index is 0.122. The number of aromatic hydroxyl groups is 1. The van der Waals surface area contributed by atoms with Gasteiger partial charge < -0.3 is 10.1 Å². The summed E-state index contributed by atoms with van der Waals surface area (Å²) in [7, 11) is 0. The number of fused-ring (bicyclic) bond motifs is 4. The third-order valence-electron chi connectivity index (χ3n) is 5.21. The Labute approximate surface area is 149 Å². The van der Waals surface area contributed by atoms with Crippen LogP contribution >= 0.6 is 0 Å². The molecule has 0 unspecified atom stereocenters. The number of hydrogen-bond acceptors (Lipinski definition) is 4. The zero-order chi connectivity index (χ0) is 18.8. The fourth-order valence-corrected chi connectivity index (χ4v) is 3.82. The average molecular weight is 344 g/mol. The maximum atomic E-state index is 13.2. The Morgan fingerprint density at radius 3 is 2.62 bits per heavy atom. The lowest BCUT2D eigenvalue weighted by molar-refractivity contribution is 0.101. The maximum Gasteiger partial charge on any atom is 0.195 e. The van der Waals surface area contributed by atoms with E-state index in [4.69, 9.17) is 5.26 Å². The van der Waals surface area contributed by atoms with Crippen molar-refractivity contribution in [3.8, 4) is 11.8 Å². The van der Waals surface area contributed by atoms with Crippen molar-refractivity contribution in [2.75, 3.05) is 0 Å². The molecular formula is C21H16N2O3. The molecule has 5 heteroatoms. The second kappa shape index (κ2) is 5.06. The molecule has 0 spiro atoms. The Bertz CT molecular complexity index is 1180. The lowest BCUT2D eigenvalue weighted by Crippen LogP contribution is -2.30. The van der Waals surface area contributed by atoms with Crippen molar-refractivity contribution in [3.05, 3.63) is 63.8 Å². The van der Waals surface area contributed by atoms with Gasteiger partial charge in [-0.15, -0.1) is 0 Å². The molecule has 0 aliphatic heterocycles. The van der Waals surface area contributed by atoms with E-state index in [2.05, 4.69) is 11.1 Å². The SMILES string of the molecule is CC(=O)c1cc2c(cc1O)C(C)(C)c1[nH]c3cc(C#N)ccc3c1C2=O. The molecular weight excluding hydrogens is 328 g/mol. The lowest BCUT2D eigenvalue weighted by Gasteiger charge is -2.32. The van der Waals surface area contributed by atoms with Crippen LogP contribution in [0.2, 0.25) is 0 Å². The van der Waals surface area contributed by atoms with Gasteiger partial charge in [0.15, 0.2) is 11.6 Å². The second-order valence-corrected chi connectivity index (χ2v) is 7.17. The number of aromatic nitrogens is 1. The topological polar surface area (TPSA) is 93.9 Å². The predicted molar refractivity (Wildman–Crippen MR) is 96.7 cm³/mol. The summed E-state index contributed by atoms with van der Waals surface area (Å²) < 4.78 is 0. The third-order valence-corrected chi connectivity index (χ3v) is 5.21. The molecule has 1 aliphatic rings. The van der Waals surface area contributed by atoms with Crippen molar-refractivity contribution in [2.24, 2.45) is 0 Å². The molecule has 2 N–H and O–H groups in total. The number of nitriles is 1. The van der Waals surface area contributed by atoms with Crippen LogP contribution in [-0.4, -0.2) is 21.7 Å². The van der Waals surface area contributed by atoms with Gasteiger partial charge in [0.2, 0.25) is 0 Å². The molecule has 1 heterocycles. The summed E-state index contributed by atoms with van der Waals surface area (Å²) in [5.74, 6) is -0.601. The quantitative estimate of drug-likeness (QED) is 0.656. The normalized spacial score (nSPS) is 14.6. The summed E-state index contributed by atoms with van der Waals surface area (Å²) in [5, 5.41) is 20.1. The van der Waals surface area contributed by atoms with Gasteiger partial charge >= 0.3 is 0 Å². The first-order valence-electron chi connectivity index (χ1n) is 8.25. The van der Waals surface area contributed by atoms with Crippen molar-refractivity contribution < 1.29 is 14.7 Å². The number of carbonyl (C=O) groups is 2. The van der Waals surface area contributed by atoms with Crippen molar-refractivity contribution in [1.82, 2.24) is 4.98 Å². The number of H-pyrrole nitrogens is 1. The second-order valence-electron chi connectivity index (χ2n) is 7.17. The van der Waals surface area contributed by atoms with E-state index in [-0.39, 0.29) is 22.9 Å². The van der Waals surface area contributed by atoms with Gasteiger partial charge in [0.05, 0.1) is 22.8 Å². The molecule has 0 saturated carbocycles. The number of ketones is 2. The third kappa shape index (κ3) is 1.96. The number of phenols is 1. The largest absolute Gasteiger partial charge is 0.507 e. The lowest BCUT2D eigenvalue weighted by atomic mass is 9.70. The van der Waals surface area contributed by atoms with Crippen LogP contribution in [0.25, 0.3) is 10.9 Å². The highest BCUT2D eigenvalue weighted by Gasteiger charge is 2.40. The number of Topliss-reactive ketones (excluding diaryl/α,β-unsaturated/α-hetero) is 1. The number of phenolic OH excluding ortho intramolecular Hbond substituents is 1. The number of benzene rings is 2. The van der Waals surface area contributed by atoms with Crippen LogP contribution in [0.4, 0.5) is 0 Å². The molecule has 2 aromatic carbocycles. The van der Waals surface area contributed by atoms with Gasteiger partial charge in [0.25, 0.3) is 0 Å². The number of nitrogens with zero attached hydrogens (tertiary/aromatic N) is 1. The summed E-state index contributed by atoms with van der Waals surface area (Å²) in [5.41, 5.74) is 3.20. The van der Waals surface area contributed by atoms with E-state index < -0.39 is 5.41 Å².